The van der Waals surface area contributed by atoms with Crippen LogP contribution in [0.3, 0.4) is 0 Å². The van der Waals surface area contributed by atoms with Crippen LogP contribution in [-0.2, 0) is 19.9 Å². The number of nitrogens with zero attached hydrogens (tertiary/aromatic N) is 2. The molecule has 0 aliphatic carbocycles. The van der Waals surface area contributed by atoms with E-state index in [0.717, 1.165) is 17.8 Å². The average Bonchev–Trinajstić information content (AvgIpc) is 2.72. The molecule has 0 aliphatic heterocycles. The number of aliphatic hydroxyl groups is 1. The molecule has 1 heterocycles. The Morgan fingerprint density at radius 2 is 2.28 bits per heavy atom. The van der Waals surface area contributed by atoms with Gasteiger partial charge in [-0.1, -0.05) is 12.1 Å². The molecule has 96 valence electrons. The van der Waals surface area contributed by atoms with E-state index in [9.17, 15) is 9.50 Å². The summed E-state index contributed by atoms with van der Waals surface area (Å²) in [5, 5.41) is 9.92. The molecule has 3 nitrogen and oxygen atoms in total. The van der Waals surface area contributed by atoms with Crippen molar-refractivity contribution in [3.05, 3.63) is 53.9 Å². The Labute approximate surface area is 106 Å². The molecule has 4 heteroatoms. The Bertz CT molecular complexity index is 510. The van der Waals surface area contributed by atoms with Crippen molar-refractivity contribution in [3.63, 3.8) is 0 Å². The van der Waals surface area contributed by atoms with Gasteiger partial charge in [0.05, 0.1) is 6.10 Å². The van der Waals surface area contributed by atoms with Crippen LogP contribution in [0.5, 0.6) is 0 Å². The van der Waals surface area contributed by atoms with Gasteiger partial charge in [0.1, 0.15) is 11.6 Å². The fraction of sp³-hybridized carbons (Fsp3) is 0.357. The van der Waals surface area contributed by atoms with E-state index < -0.39 is 6.10 Å². The zero-order valence-corrected chi connectivity index (χ0v) is 10.4. The van der Waals surface area contributed by atoms with Crippen molar-refractivity contribution in [1.29, 1.82) is 0 Å². The number of aliphatic hydroxyl groups excluding tert-OH is 1. The monoisotopic (exact) mass is 248 g/mol. The van der Waals surface area contributed by atoms with Crippen LogP contribution in [-0.4, -0.2) is 20.8 Å². The molecule has 0 amide bonds. The third-order valence-electron chi connectivity index (χ3n) is 2.98. The lowest BCUT2D eigenvalue weighted by atomic mass is 10.0. The van der Waals surface area contributed by atoms with Gasteiger partial charge in [-0.05, 0) is 30.5 Å². The second-order valence-electron chi connectivity index (χ2n) is 4.48. The summed E-state index contributed by atoms with van der Waals surface area (Å²) in [6.07, 6.45) is 4.98. The van der Waals surface area contributed by atoms with E-state index in [-0.39, 0.29) is 5.82 Å². The summed E-state index contributed by atoms with van der Waals surface area (Å²) in [7, 11) is 1.93. The lowest BCUT2D eigenvalue weighted by Crippen LogP contribution is -2.13. The van der Waals surface area contributed by atoms with Gasteiger partial charge in [-0.25, -0.2) is 9.37 Å². The molecule has 1 aromatic carbocycles. The van der Waals surface area contributed by atoms with Crippen LogP contribution in [0, 0.1) is 5.82 Å². The molecule has 1 N–H and O–H groups in total. The van der Waals surface area contributed by atoms with E-state index in [1.165, 1.54) is 12.1 Å². The number of hydrogen-bond donors (Lipinski definition) is 1. The third-order valence-corrected chi connectivity index (χ3v) is 2.98. The minimum absolute atomic E-state index is 0.260. The smallest absolute Gasteiger partial charge is 0.123 e. The number of aryl methyl sites for hydroxylation is 2. The average molecular weight is 248 g/mol. The highest BCUT2D eigenvalue weighted by Gasteiger charge is 2.08. The summed E-state index contributed by atoms with van der Waals surface area (Å²) >= 11 is 0. The molecule has 0 saturated heterocycles. The largest absolute Gasteiger partial charge is 0.393 e. The van der Waals surface area contributed by atoms with Gasteiger partial charge in [-0.3, -0.25) is 0 Å². The van der Waals surface area contributed by atoms with Gasteiger partial charge >= 0.3 is 0 Å². The molecule has 18 heavy (non-hydrogen) atoms. The van der Waals surface area contributed by atoms with Gasteiger partial charge < -0.3 is 9.67 Å². The SMILES string of the molecule is Cn1ccnc1CCC(O)Cc1cccc(F)c1. The van der Waals surface area contributed by atoms with Gasteiger partial charge in [0, 0.05) is 25.9 Å². The number of rotatable bonds is 5. The zero-order chi connectivity index (χ0) is 13.0. The predicted molar refractivity (Wildman–Crippen MR) is 67.6 cm³/mol. The molecule has 0 spiro atoms. The van der Waals surface area contributed by atoms with Crippen LogP contribution in [0.2, 0.25) is 0 Å². The number of aromatic nitrogens is 2. The molecular weight excluding hydrogens is 231 g/mol. The quantitative estimate of drug-likeness (QED) is 0.880. The van der Waals surface area contributed by atoms with Crippen LogP contribution in [0.25, 0.3) is 0 Å². The summed E-state index contributed by atoms with van der Waals surface area (Å²) < 4.78 is 14.9. The molecule has 0 radical (unpaired) electrons. The molecular formula is C14H17FN2O. The number of hydrogen-bond acceptors (Lipinski definition) is 2. The first-order valence-electron chi connectivity index (χ1n) is 6.04. The first kappa shape index (κ1) is 12.8. The summed E-state index contributed by atoms with van der Waals surface area (Å²) in [5.41, 5.74) is 0.822. The molecule has 2 rings (SSSR count). The Kier molecular flexibility index (Phi) is 4.10. The summed E-state index contributed by atoms with van der Waals surface area (Å²) in [6.45, 7) is 0. The minimum Gasteiger partial charge on any atom is -0.393 e. The van der Waals surface area contributed by atoms with Crippen molar-refractivity contribution in [3.8, 4) is 0 Å². The highest BCUT2D eigenvalue weighted by Crippen LogP contribution is 2.10. The molecule has 0 saturated carbocycles. The number of imidazole rings is 1. The Hall–Kier alpha value is -1.68. The van der Waals surface area contributed by atoms with E-state index in [0.29, 0.717) is 12.8 Å². The Balaban J connectivity index is 1.86. The highest BCUT2D eigenvalue weighted by atomic mass is 19.1. The zero-order valence-electron chi connectivity index (χ0n) is 10.4. The molecule has 0 fully saturated rings. The van der Waals surface area contributed by atoms with Gasteiger partial charge in [-0.15, -0.1) is 0 Å². The van der Waals surface area contributed by atoms with Crippen molar-refractivity contribution in [1.82, 2.24) is 9.55 Å². The fourth-order valence-corrected chi connectivity index (χ4v) is 1.97. The topological polar surface area (TPSA) is 38.0 Å². The van der Waals surface area contributed by atoms with E-state index in [1.54, 1.807) is 12.3 Å². The van der Waals surface area contributed by atoms with E-state index >= 15 is 0 Å². The maximum Gasteiger partial charge on any atom is 0.123 e. The second-order valence-corrected chi connectivity index (χ2v) is 4.48. The summed E-state index contributed by atoms with van der Waals surface area (Å²) in [5.74, 6) is 0.692. The van der Waals surface area contributed by atoms with Crippen molar-refractivity contribution < 1.29 is 9.50 Å². The minimum atomic E-state index is -0.469. The van der Waals surface area contributed by atoms with Crippen molar-refractivity contribution in [2.75, 3.05) is 0 Å². The molecule has 2 aromatic rings. The Morgan fingerprint density at radius 1 is 1.44 bits per heavy atom. The molecule has 1 atom stereocenters. The maximum atomic E-state index is 13.0. The predicted octanol–water partition coefficient (Wildman–Crippen LogP) is 2.10. The summed E-state index contributed by atoms with van der Waals surface area (Å²) in [6, 6.07) is 6.36. The first-order chi connectivity index (χ1) is 8.65. The lowest BCUT2D eigenvalue weighted by molar-refractivity contribution is 0.164. The van der Waals surface area contributed by atoms with Crippen LogP contribution in [0.4, 0.5) is 4.39 Å². The van der Waals surface area contributed by atoms with Gasteiger partial charge in [0.25, 0.3) is 0 Å². The van der Waals surface area contributed by atoms with Crippen LogP contribution >= 0.6 is 0 Å². The van der Waals surface area contributed by atoms with Gasteiger partial charge in [0.2, 0.25) is 0 Å². The van der Waals surface area contributed by atoms with E-state index in [2.05, 4.69) is 4.98 Å². The van der Waals surface area contributed by atoms with E-state index in [1.807, 2.05) is 23.9 Å². The van der Waals surface area contributed by atoms with E-state index in [4.69, 9.17) is 0 Å². The normalized spacial score (nSPS) is 12.6. The molecule has 1 aromatic heterocycles. The standard InChI is InChI=1S/C14H17FN2O/c1-17-8-7-16-14(17)6-5-13(18)10-11-3-2-4-12(15)9-11/h2-4,7-9,13,18H,5-6,10H2,1H3. The summed E-state index contributed by atoms with van der Waals surface area (Å²) in [4.78, 5) is 4.20. The first-order valence-corrected chi connectivity index (χ1v) is 6.04. The molecule has 0 bridgehead atoms. The second kappa shape index (κ2) is 5.78. The maximum absolute atomic E-state index is 13.0. The van der Waals surface area contributed by atoms with Crippen LogP contribution in [0.15, 0.2) is 36.7 Å². The number of benzene rings is 1. The highest BCUT2D eigenvalue weighted by molar-refractivity contribution is 5.17. The van der Waals surface area contributed by atoms with Crippen LogP contribution in [0.1, 0.15) is 17.8 Å². The fourth-order valence-electron chi connectivity index (χ4n) is 1.97. The lowest BCUT2D eigenvalue weighted by Gasteiger charge is -2.10. The van der Waals surface area contributed by atoms with Crippen molar-refractivity contribution in [2.24, 2.45) is 7.05 Å². The third kappa shape index (κ3) is 3.40. The van der Waals surface area contributed by atoms with Gasteiger partial charge in [-0.2, -0.15) is 0 Å². The molecule has 0 aliphatic rings. The Morgan fingerprint density at radius 3 is 2.94 bits per heavy atom. The molecule has 1 unspecified atom stereocenters. The van der Waals surface area contributed by atoms with Gasteiger partial charge in [0.15, 0.2) is 0 Å². The van der Waals surface area contributed by atoms with Crippen LogP contribution < -0.4 is 0 Å². The number of halogens is 1. The van der Waals surface area contributed by atoms with Crippen molar-refractivity contribution >= 4 is 0 Å². The van der Waals surface area contributed by atoms with Crippen molar-refractivity contribution in [2.45, 2.75) is 25.4 Å².